The van der Waals surface area contributed by atoms with Gasteiger partial charge in [0.05, 0.1) is 36.8 Å². The maximum atomic E-state index is 14.2. The van der Waals surface area contributed by atoms with Crippen LogP contribution in [0.5, 0.6) is 0 Å². The fraction of sp³-hybridized carbons (Fsp3) is 0.565. The van der Waals surface area contributed by atoms with Crippen LogP contribution in [0.3, 0.4) is 0 Å². The minimum Gasteiger partial charge on any atom is -0.376 e. The predicted molar refractivity (Wildman–Crippen MR) is 115 cm³/mol. The number of aromatic nitrogens is 2. The van der Waals surface area contributed by atoms with Gasteiger partial charge in [0, 0.05) is 24.1 Å². The van der Waals surface area contributed by atoms with Crippen molar-refractivity contribution in [2.75, 3.05) is 6.61 Å². The average molecular weight is 462 g/mol. The van der Waals surface area contributed by atoms with Gasteiger partial charge >= 0.3 is 0 Å². The van der Waals surface area contributed by atoms with Gasteiger partial charge in [-0.25, -0.2) is 17.8 Å². The van der Waals surface area contributed by atoms with E-state index in [4.69, 9.17) is 4.74 Å². The first-order valence-electron chi connectivity index (χ1n) is 11.3. The molecule has 1 aromatic heterocycles. The standard InChI is InChI=1S/C23H28FN3O4S/c24-21-6-2-1-4-17(21)15-32(29,30)23-25-12-19(27(23)14-20-5-3-11-31-20)13-26(18-9-10-18)22(28)16-7-8-16/h1-2,4,6,12,16,18,20H,3,5,7-11,13-15H2. The van der Waals surface area contributed by atoms with E-state index in [1.807, 2.05) is 4.90 Å². The Bertz CT molecular complexity index is 1100. The van der Waals surface area contributed by atoms with Crippen molar-refractivity contribution in [3.05, 3.63) is 47.5 Å². The maximum absolute atomic E-state index is 14.2. The molecular weight excluding hydrogens is 433 g/mol. The molecule has 5 rings (SSSR count). The van der Waals surface area contributed by atoms with E-state index in [0.717, 1.165) is 38.5 Å². The molecule has 0 N–H and O–H groups in total. The lowest BCUT2D eigenvalue weighted by atomic mass is 10.2. The van der Waals surface area contributed by atoms with Gasteiger partial charge < -0.3 is 14.2 Å². The second kappa shape index (κ2) is 8.59. The number of rotatable bonds is 9. The van der Waals surface area contributed by atoms with Crippen LogP contribution >= 0.6 is 0 Å². The molecule has 0 spiro atoms. The zero-order valence-corrected chi connectivity index (χ0v) is 18.8. The van der Waals surface area contributed by atoms with E-state index in [9.17, 15) is 17.6 Å². The van der Waals surface area contributed by atoms with Crippen molar-refractivity contribution in [2.45, 2.75) is 74.7 Å². The van der Waals surface area contributed by atoms with Crippen molar-refractivity contribution >= 4 is 15.7 Å². The number of benzene rings is 1. The Morgan fingerprint density at radius 2 is 1.97 bits per heavy atom. The maximum Gasteiger partial charge on any atom is 0.228 e. The SMILES string of the molecule is O=C(C1CC1)N(Cc1cnc(S(=O)(=O)Cc2ccccc2F)n1CC1CCCO1)C1CC1. The summed E-state index contributed by atoms with van der Waals surface area (Å²) < 4.78 is 48.1. The number of hydrogen-bond donors (Lipinski definition) is 0. The van der Waals surface area contributed by atoms with Gasteiger partial charge in [0.15, 0.2) is 0 Å². The number of hydrogen-bond acceptors (Lipinski definition) is 5. The summed E-state index contributed by atoms with van der Waals surface area (Å²) in [5, 5.41) is -0.0825. The summed E-state index contributed by atoms with van der Waals surface area (Å²) in [5.74, 6) is -0.749. The van der Waals surface area contributed by atoms with Crippen LogP contribution in [-0.4, -0.2) is 47.5 Å². The lowest BCUT2D eigenvalue weighted by molar-refractivity contribution is -0.133. The van der Waals surface area contributed by atoms with E-state index in [0.29, 0.717) is 25.4 Å². The van der Waals surface area contributed by atoms with Crippen LogP contribution in [0.1, 0.15) is 49.8 Å². The Hall–Kier alpha value is -2.26. The van der Waals surface area contributed by atoms with E-state index in [-0.39, 0.29) is 34.7 Å². The number of halogens is 1. The molecule has 0 bridgehead atoms. The summed E-state index contributed by atoms with van der Waals surface area (Å²) >= 11 is 0. The molecular formula is C23H28FN3O4S. The molecule has 1 aromatic carbocycles. The van der Waals surface area contributed by atoms with Crippen LogP contribution in [0.4, 0.5) is 4.39 Å². The zero-order valence-electron chi connectivity index (χ0n) is 18.0. The highest BCUT2D eigenvalue weighted by Gasteiger charge is 2.40. The van der Waals surface area contributed by atoms with Crippen molar-refractivity contribution in [1.29, 1.82) is 0 Å². The molecule has 2 saturated carbocycles. The van der Waals surface area contributed by atoms with Gasteiger partial charge in [0.1, 0.15) is 5.82 Å². The van der Waals surface area contributed by atoms with Gasteiger partial charge in [0.2, 0.25) is 20.9 Å². The highest BCUT2D eigenvalue weighted by Crippen LogP contribution is 2.37. The lowest BCUT2D eigenvalue weighted by Gasteiger charge is -2.24. The van der Waals surface area contributed by atoms with Crippen LogP contribution < -0.4 is 0 Å². The smallest absolute Gasteiger partial charge is 0.228 e. The van der Waals surface area contributed by atoms with Crippen LogP contribution in [0, 0.1) is 11.7 Å². The highest BCUT2D eigenvalue weighted by atomic mass is 32.2. The normalized spacial score (nSPS) is 21.1. The summed E-state index contributed by atoms with van der Waals surface area (Å²) in [6.07, 6.45) is 7.06. The van der Waals surface area contributed by atoms with Gasteiger partial charge in [-0.05, 0) is 44.6 Å². The van der Waals surface area contributed by atoms with E-state index >= 15 is 0 Å². The van der Waals surface area contributed by atoms with Crippen LogP contribution in [0.15, 0.2) is 35.6 Å². The molecule has 1 aliphatic heterocycles. The van der Waals surface area contributed by atoms with Crippen LogP contribution in [0.25, 0.3) is 0 Å². The molecule has 1 amide bonds. The van der Waals surface area contributed by atoms with Crippen molar-refractivity contribution in [1.82, 2.24) is 14.5 Å². The number of carbonyl (C=O) groups is 1. The summed E-state index contributed by atoms with van der Waals surface area (Å²) in [6.45, 7) is 1.35. The average Bonchev–Trinajstić information content (AvgIpc) is 3.69. The predicted octanol–water partition coefficient (Wildman–Crippen LogP) is 3.08. The van der Waals surface area contributed by atoms with Gasteiger partial charge in [-0.15, -0.1) is 0 Å². The summed E-state index contributed by atoms with van der Waals surface area (Å²) in [4.78, 5) is 19.0. The molecule has 2 aliphatic carbocycles. The molecule has 1 atom stereocenters. The molecule has 9 heteroatoms. The van der Waals surface area contributed by atoms with Crippen molar-refractivity contribution in [3.63, 3.8) is 0 Å². The Balaban J connectivity index is 1.46. The van der Waals surface area contributed by atoms with Gasteiger partial charge in [-0.3, -0.25) is 4.79 Å². The van der Waals surface area contributed by atoms with Gasteiger partial charge in [-0.2, -0.15) is 0 Å². The zero-order chi connectivity index (χ0) is 22.3. The molecule has 7 nitrogen and oxygen atoms in total. The summed E-state index contributed by atoms with van der Waals surface area (Å²) in [7, 11) is -3.90. The van der Waals surface area contributed by atoms with Crippen LogP contribution in [0.2, 0.25) is 0 Å². The quantitative estimate of drug-likeness (QED) is 0.573. The Morgan fingerprint density at radius 1 is 1.19 bits per heavy atom. The first kappa shape index (κ1) is 21.6. The van der Waals surface area contributed by atoms with E-state index < -0.39 is 21.4 Å². The summed E-state index contributed by atoms with van der Waals surface area (Å²) in [6, 6.07) is 6.12. The molecule has 3 aliphatic rings. The third kappa shape index (κ3) is 4.59. The molecule has 32 heavy (non-hydrogen) atoms. The highest BCUT2D eigenvalue weighted by molar-refractivity contribution is 7.90. The lowest BCUT2D eigenvalue weighted by Crippen LogP contribution is -2.35. The van der Waals surface area contributed by atoms with E-state index in [1.165, 1.54) is 18.2 Å². The number of ether oxygens (including phenoxy) is 1. The van der Waals surface area contributed by atoms with E-state index in [2.05, 4.69) is 4.98 Å². The molecule has 1 saturated heterocycles. The minimum absolute atomic E-state index is 0.0825. The molecule has 1 unspecified atom stereocenters. The molecule has 0 radical (unpaired) electrons. The van der Waals surface area contributed by atoms with E-state index in [1.54, 1.807) is 16.8 Å². The fourth-order valence-electron chi connectivity index (χ4n) is 4.35. The number of sulfone groups is 1. The molecule has 3 fully saturated rings. The second-order valence-corrected chi connectivity index (χ2v) is 11.0. The van der Waals surface area contributed by atoms with Crippen molar-refractivity contribution in [2.24, 2.45) is 5.92 Å². The molecule has 172 valence electrons. The van der Waals surface area contributed by atoms with Crippen molar-refractivity contribution in [3.8, 4) is 0 Å². The minimum atomic E-state index is -3.90. The number of amides is 1. The number of carbonyl (C=O) groups excluding carboxylic acids is 1. The first-order valence-corrected chi connectivity index (χ1v) is 13.0. The largest absolute Gasteiger partial charge is 0.376 e. The van der Waals surface area contributed by atoms with Gasteiger partial charge in [-0.1, -0.05) is 18.2 Å². The third-order valence-corrected chi connectivity index (χ3v) is 8.00. The Morgan fingerprint density at radius 3 is 2.62 bits per heavy atom. The van der Waals surface area contributed by atoms with Crippen molar-refractivity contribution < 1.29 is 22.3 Å². The third-order valence-electron chi connectivity index (χ3n) is 6.42. The number of imidazole rings is 1. The number of nitrogens with zero attached hydrogens (tertiary/aromatic N) is 3. The first-order chi connectivity index (χ1) is 15.4. The topological polar surface area (TPSA) is 81.5 Å². The monoisotopic (exact) mass is 461 g/mol. The van der Waals surface area contributed by atoms with Gasteiger partial charge in [0.25, 0.3) is 0 Å². The molecule has 2 aromatic rings. The fourth-order valence-corrected chi connectivity index (χ4v) is 5.86. The Kier molecular flexibility index (Phi) is 5.79. The second-order valence-electron chi connectivity index (χ2n) is 9.10. The summed E-state index contributed by atoms with van der Waals surface area (Å²) in [5.41, 5.74) is 0.803. The molecule has 2 heterocycles. The Labute approximate surface area is 187 Å². The van der Waals surface area contributed by atoms with Crippen LogP contribution in [-0.2, 0) is 38.2 Å².